The van der Waals surface area contributed by atoms with Crippen LogP contribution in [0.15, 0.2) is 24.3 Å². The van der Waals surface area contributed by atoms with Crippen molar-refractivity contribution in [2.24, 2.45) is 0 Å². The molecule has 0 bridgehead atoms. The first kappa shape index (κ1) is 13.9. The summed E-state index contributed by atoms with van der Waals surface area (Å²) >= 11 is 0. The van der Waals surface area contributed by atoms with Crippen LogP contribution in [0.25, 0.3) is 0 Å². The van der Waals surface area contributed by atoms with Gasteiger partial charge in [-0.25, -0.2) is 0 Å². The summed E-state index contributed by atoms with van der Waals surface area (Å²) in [6.07, 6.45) is 5.02. The molecule has 3 nitrogen and oxygen atoms in total. The van der Waals surface area contributed by atoms with Gasteiger partial charge in [-0.2, -0.15) is 5.26 Å². The number of hydrogen-bond donors (Lipinski definition) is 0. The first-order valence-corrected chi connectivity index (χ1v) is 7.17. The zero-order valence-electron chi connectivity index (χ0n) is 11.6. The van der Waals surface area contributed by atoms with Crippen LogP contribution in [0.5, 0.6) is 5.75 Å². The minimum Gasteiger partial charge on any atom is -0.492 e. The minimum atomic E-state index is 0.619. The molecule has 3 heteroatoms. The van der Waals surface area contributed by atoms with Crippen LogP contribution in [0.3, 0.4) is 0 Å². The van der Waals surface area contributed by atoms with Gasteiger partial charge in [0.05, 0.1) is 12.2 Å². The van der Waals surface area contributed by atoms with Crippen LogP contribution in [0.4, 0.5) is 0 Å². The highest BCUT2D eigenvalue weighted by atomic mass is 16.5. The van der Waals surface area contributed by atoms with E-state index in [1.54, 1.807) is 6.07 Å². The van der Waals surface area contributed by atoms with E-state index in [9.17, 15) is 0 Å². The Kier molecular flexibility index (Phi) is 5.23. The molecule has 0 spiro atoms. The summed E-state index contributed by atoms with van der Waals surface area (Å²) in [7, 11) is 0. The lowest BCUT2D eigenvalue weighted by atomic mass is 10.0. The highest BCUT2D eigenvalue weighted by Crippen LogP contribution is 2.18. The van der Waals surface area contributed by atoms with Crippen LogP contribution < -0.4 is 4.74 Å². The Morgan fingerprint density at radius 3 is 3.00 bits per heavy atom. The van der Waals surface area contributed by atoms with E-state index in [2.05, 4.69) is 17.9 Å². The van der Waals surface area contributed by atoms with E-state index in [0.29, 0.717) is 24.0 Å². The molecule has 1 saturated heterocycles. The molecule has 2 rings (SSSR count). The molecule has 1 atom stereocenters. The lowest BCUT2D eigenvalue weighted by Crippen LogP contribution is -2.38. The monoisotopic (exact) mass is 258 g/mol. The fourth-order valence-electron chi connectivity index (χ4n) is 2.62. The summed E-state index contributed by atoms with van der Waals surface area (Å²) in [5.74, 6) is 0.705. The van der Waals surface area contributed by atoms with Crippen LogP contribution in [0.1, 0.15) is 38.2 Å². The van der Waals surface area contributed by atoms with Crippen molar-refractivity contribution >= 4 is 0 Å². The summed E-state index contributed by atoms with van der Waals surface area (Å²) in [5.41, 5.74) is 0.619. The molecule has 1 aromatic carbocycles. The zero-order chi connectivity index (χ0) is 13.5. The van der Waals surface area contributed by atoms with Crippen LogP contribution in [0, 0.1) is 11.3 Å². The van der Waals surface area contributed by atoms with Crippen molar-refractivity contribution in [1.29, 1.82) is 5.26 Å². The third kappa shape index (κ3) is 3.97. The summed E-state index contributed by atoms with van der Waals surface area (Å²) in [4.78, 5) is 2.54. The SMILES string of the molecule is CC1CCCCN1CCCOc1ccccc1C#N. The topological polar surface area (TPSA) is 36.3 Å². The number of piperidine rings is 1. The van der Waals surface area contributed by atoms with Crippen molar-refractivity contribution in [3.05, 3.63) is 29.8 Å². The van der Waals surface area contributed by atoms with Crippen LogP contribution in [0.2, 0.25) is 0 Å². The van der Waals surface area contributed by atoms with Crippen LogP contribution in [-0.2, 0) is 0 Å². The molecule has 1 heterocycles. The number of ether oxygens (including phenoxy) is 1. The first-order chi connectivity index (χ1) is 9.31. The maximum absolute atomic E-state index is 8.98. The molecule has 1 aromatic rings. The predicted octanol–water partition coefficient (Wildman–Crippen LogP) is 3.20. The number of likely N-dealkylation sites (tertiary alicyclic amines) is 1. The number of benzene rings is 1. The average molecular weight is 258 g/mol. The normalized spacial score (nSPS) is 19.9. The number of nitriles is 1. The standard InChI is InChI=1S/C16H22N2O/c1-14-7-4-5-10-18(14)11-6-12-19-16-9-3-2-8-15(16)13-17/h2-3,8-9,14H,4-7,10-12H2,1H3. The van der Waals surface area contributed by atoms with Gasteiger partial charge >= 0.3 is 0 Å². The van der Waals surface area contributed by atoms with Crippen LogP contribution >= 0.6 is 0 Å². The van der Waals surface area contributed by atoms with Gasteiger partial charge in [-0.1, -0.05) is 18.6 Å². The third-order valence-corrected chi connectivity index (χ3v) is 3.80. The third-order valence-electron chi connectivity index (χ3n) is 3.80. The molecule has 19 heavy (non-hydrogen) atoms. The van der Waals surface area contributed by atoms with Gasteiger partial charge in [0.15, 0.2) is 0 Å². The molecular formula is C16H22N2O. The Morgan fingerprint density at radius 2 is 2.21 bits per heavy atom. The second-order valence-electron chi connectivity index (χ2n) is 5.19. The summed E-state index contributed by atoms with van der Waals surface area (Å²) in [5, 5.41) is 8.98. The molecule has 0 aromatic heterocycles. The summed E-state index contributed by atoms with van der Waals surface area (Å²) < 4.78 is 5.71. The number of rotatable bonds is 5. The molecule has 1 aliphatic heterocycles. The fourth-order valence-corrected chi connectivity index (χ4v) is 2.62. The molecular weight excluding hydrogens is 236 g/mol. The molecule has 0 amide bonds. The van der Waals surface area contributed by atoms with Crippen molar-refractivity contribution < 1.29 is 4.74 Å². The van der Waals surface area contributed by atoms with E-state index in [-0.39, 0.29) is 0 Å². The second-order valence-corrected chi connectivity index (χ2v) is 5.19. The van der Waals surface area contributed by atoms with Crippen molar-refractivity contribution in [1.82, 2.24) is 4.90 Å². The van der Waals surface area contributed by atoms with Crippen molar-refractivity contribution in [2.45, 2.75) is 38.6 Å². The number of para-hydroxylation sites is 1. The van der Waals surface area contributed by atoms with Gasteiger partial charge in [-0.05, 0) is 44.9 Å². The first-order valence-electron chi connectivity index (χ1n) is 7.17. The molecule has 0 aliphatic carbocycles. The largest absolute Gasteiger partial charge is 0.492 e. The van der Waals surface area contributed by atoms with Crippen molar-refractivity contribution in [3.8, 4) is 11.8 Å². The quantitative estimate of drug-likeness (QED) is 0.761. The lowest BCUT2D eigenvalue weighted by Gasteiger charge is -2.33. The van der Waals surface area contributed by atoms with Gasteiger partial charge in [-0.3, -0.25) is 0 Å². The Labute approximate surface area is 115 Å². The molecule has 1 aliphatic rings. The van der Waals surface area contributed by atoms with Gasteiger partial charge in [0.25, 0.3) is 0 Å². The highest BCUT2D eigenvalue weighted by Gasteiger charge is 2.17. The van der Waals surface area contributed by atoms with E-state index in [4.69, 9.17) is 10.00 Å². The average Bonchev–Trinajstić information content (AvgIpc) is 2.45. The number of hydrogen-bond acceptors (Lipinski definition) is 3. The minimum absolute atomic E-state index is 0.619. The summed E-state index contributed by atoms with van der Waals surface area (Å²) in [6.45, 7) is 5.30. The Morgan fingerprint density at radius 1 is 1.37 bits per heavy atom. The van der Waals surface area contributed by atoms with Gasteiger partial charge in [-0.15, -0.1) is 0 Å². The molecule has 102 valence electrons. The maximum atomic E-state index is 8.98. The van der Waals surface area contributed by atoms with Crippen LogP contribution in [-0.4, -0.2) is 30.6 Å². The maximum Gasteiger partial charge on any atom is 0.137 e. The van der Waals surface area contributed by atoms with E-state index < -0.39 is 0 Å². The zero-order valence-corrected chi connectivity index (χ0v) is 11.6. The van der Waals surface area contributed by atoms with Crippen molar-refractivity contribution in [3.63, 3.8) is 0 Å². The highest BCUT2D eigenvalue weighted by molar-refractivity contribution is 5.42. The summed E-state index contributed by atoms with van der Waals surface area (Å²) in [6, 6.07) is 10.3. The lowest BCUT2D eigenvalue weighted by molar-refractivity contribution is 0.148. The Balaban J connectivity index is 1.73. The Bertz CT molecular complexity index is 439. The molecule has 0 N–H and O–H groups in total. The van der Waals surface area contributed by atoms with Gasteiger partial charge in [0.1, 0.15) is 11.8 Å². The molecule has 1 fully saturated rings. The number of nitrogens with zero attached hydrogens (tertiary/aromatic N) is 2. The molecule has 0 radical (unpaired) electrons. The Hall–Kier alpha value is -1.53. The molecule has 0 saturated carbocycles. The van der Waals surface area contributed by atoms with Gasteiger partial charge < -0.3 is 9.64 Å². The van der Waals surface area contributed by atoms with Crippen molar-refractivity contribution in [2.75, 3.05) is 19.7 Å². The van der Waals surface area contributed by atoms with E-state index >= 15 is 0 Å². The second kappa shape index (κ2) is 7.16. The van der Waals surface area contributed by atoms with E-state index in [1.807, 2.05) is 18.2 Å². The predicted molar refractivity (Wildman–Crippen MR) is 76.2 cm³/mol. The smallest absolute Gasteiger partial charge is 0.137 e. The molecule has 1 unspecified atom stereocenters. The van der Waals surface area contributed by atoms with Gasteiger partial charge in [0, 0.05) is 12.6 Å². The van der Waals surface area contributed by atoms with E-state index in [1.165, 1.54) is 25.8 Å². The fraction of sp³-hybridized carbons (Fsp3) is 0.562. The van der Waals surface area contributed by atoms with E-state index in [0.717, 1.165) is 13.0 Å². The van der Waals surface area contributed by atoms with Gasteiger partial charge in [0.2, 0.25) is 0 Å².